The van der Waals surface area contributed by atoms with Gasteiger partial charge in [0.25, 0.3) is 11.8 Å². The Balaban J connectivity index is 1.73. The largest absolute Gasteiger partial charge is 0.383 e. The molecular formula is C17H26N4O3. The van der Waals surface area contributed by atoms with Crippen LogP contribution in [0.2, 0.25) is 0 Å². The highest BCUT2D eigenvalue weighted by molar-refractivity contribution is 5.96. The van der Waals surface area contributed by atoms with Crippen molar-refractivity contribution in [3.05, 3.63) is 17.7 Å². The van der Waals surface area contributed by atoms with Crippen LogP contribution in [0.15, 0.2) is 6.20 Å². The third kappa shape index (κ3) is 3.61. The van der Waals surface area contributed by atoms with E-state index < -0.39 is 0 Å². The van der Waals surface area contributed by atoms with Gasteiger partial charge in [-0.05, 0) is 25.2 Å². The van der Waals surface area contributed by atoms with Crippen LogP contribution in [0, 0.1) is 5.92 Å². The lowest BCUT2D eigenvalue weighted by molar-refractivity contribution is 0.0633. The van der Waals surface area contributed by atoms with Crippen molar-refractivity contribution in [2.24, 2.45) is 5.92 Å². The molecule has 2 aliphatic rings. The molecule has 7 heteroatoms. The summed E-state index contributed by atoms with van der Waals surface area (Å²) in [6.07, 6.45) is 5.08. The molecule has 24 heavy (non-hydrogen) atoms. The van der Waals surface area contributed by atoms with Crippen LogP contribution >= 0.6 is 0 Å². The Labute approximate surface area is 142 Å². The second-order valence-electron chi connectivity index (χ2n) is 6.62. The molecule has 0 aromatic carbocycles. The monoisotopic (exact) mass is 334 g/mol. The van der Waals surface area contributed by atoms with Crippen LogP contribution in [0.1, 0.15) is 47.3 Å². The zero-order valence-electron chi connectivity index (χ0n) is 14.5. The lowest BCUT2D eigenvalue weighted by atomic mass is 10.3. The molecule has 1 aromatic rings. The van der Waals surface area contributed by atoms with Gasteiger partial charge >= 0.3 is 0 Å². The van der Waals surface area contributed by atoms with Gasteiger partial charge in [-0.25, -0.2) is 4.98 Å². The van der Waals surface area contributed by atoms with Gasteiger partial charge in [-0.2, -0.15) is 0 Å². The first kappa shape index (κ1) is 17.0. The molecule has 1 aliphatic carbocycles. The first-order valence-electron chi connectivity index (χ1n) is 8.78. The predicted molar refractivity (Wildman–Crippen MR) is 88.9 cm³/mol. The number of imidazole rings is 1. The SMILES string of the molecule is CCCN(CC1CC1)C(=O)c1cn2c(n1)C(=O)N(CCOC)CC2. The van der Waals surface area contributed by atoms with E-state index >= 15 is 0 Å². The summed E-state index contributed by atoms with van der Waals surface area (Å²) < 4.78 is 6.85. The number of aromatic nitrogens is 2. The summed E-state index contributed by atoms with van der Waals surface area (Å²) in [6, 6.07) is 0. The second-order valence-corrected chi connectivity index (χ2v) is 6.62. The number of hydrogen-bond donors (Lipinski definition) is 0. The zero-order chi connectivity index (χ0) is 17.1. The molecule has 0 radical (unpaired) electrons. The molecule has 0 atom stereocenters. The molecule has 0 saturated heterocycles. The highest BCUT2D eigenvalue weighted by Gasteiger charge is 2.31. The lowest BCUT2D eigenvalue weighted by Crippen LogP contribution is -2.42. The van der Waals surface area contributed by atoms with Gasteiger partial charge < -0.3 is 19.1 Å². The molecule has 1 fully saturated rings. The van der Waals surface area contributed by atoms with E-state index in [1.165, 1.54) is 12.8 Å². The van der Waals surface area contributed by atoms with E-state index in [0.717, 1.165) is 19.5 Å². The zero-order valence-corrected chi connectivity index (χ0v) is 14.5. The molecule has 1 aromatic heterocycles. The van der Waals surface area contributed by atoms with Crippen molar-refractivity contribution in [1.29, 1.82) is 0 Å². The number of carbonyl (C=O) groups is 2. The van der Waals surface area contributed by atoms with E-state index in [2.05, 4.69) is 11.9 Å². The Morgan fingerprint density at radius 2 is 2.21 bits per heavy atom. The Morgan fingerprint density at radius 1 is 1.42 bits per heavy atom. The Hall–Kier alpha value is -1.89. The van der Waals surface area contributed by atoms with Gasteiger partial charge in [-0.15, -0.1) is 0 Å². The minimum absolute atomic E-state index is 0.0538. The maximum Gasteiger partial charge on any atom is 0.290 e. The molecule has 0 unspecified atom stereocenters. The summed E-state index contributed by atoms with van der Waals surface area (Å²) in [4.78, 5) is 33.3. The van der Waals surface area contributed by atoms with Crippen molar-refractivity contribution in [3.63, 3.8) is 0 Å². The van der Waals surface area contributed by atoms with Crippen molar-refractivity contribution in [2.45, 2.75) is 32.7 Å². The van der Waals surface area contributed by atoms with Crippen molar-refractivity contribution in [3.8, 4) is 0 Å². The highest BCUT2D eigenvalue weighted by atomic mass is 16.5. The number of rotatable bonds is 8. The van der Waals surface area contributed by atoms with Crippen LogP contribution in [0.4, 0.5) is 0 Å². The van der Waals surface area contributed by atoms with E-state index in [1.807, 2.05) is 4.90 Å². The fourth-order valence-electron chi connectivity index (χ4n) is 3.07. The summed E-state index contributed by atoms with van der Waals surface area (Å²) >= 11 is 0. The normalized spacial score (nSPS) is 17.1. The third-order valence-electron chi connectivity index (χ3n) is 4.61. The van der Waals surface area contributed by atoms with Crippen molar-refractivity contribution >= 4 is 11.8 Å². The quantitative estimate of drug-likeness (QED) is 0.717. The standard InChI is InChI=1S/C17H26N4O3/c1-3-6-21(11-13-4-5-13)16(22)14-12-20-8-7-19(9-10-24-2)17(23)15(20)18-14/h12-13H,3-11H2,1-2H3. The minimum Gasteiger partial charge on any atom is -0.383 e. The molecule has 2 heterocycles. The highest BCUT2D eigenvalue weighted by Crippen LogP contribution is 2.30. The van der Waals surface area contributed by atoms with Crippen molar-refractivity contribution < 1.29 is 14.3 Å². The summed E-state index contributed by atoms with van der Waals surface area (Å²) in [5.41, 5.74) is 0.390. The first-order chi connectivity index (χ1) is 11.6. The van der Waals surface area contributed by atoms with Gasteiger partial charge in [0, 0.05) is 46.0 Å². The predicted octanol–water partition coefficient (Wildman–Crippen LogP) is 1.25. The lowest BCUT2D eigenvalue weighted by Gasteiger charge is -2.26. The second kappa shape index (κ2) is 7.34. The summed E-state index contributed by atoms with van der Waals surface area (Å²) in [5, 5.41) is 0. The van der Waals surface area contributed by atoms with E-state index in [-0.39, 0.29) is 11.8 Å². The summed E-state index contributed by atoms with van der Waals surface area (Å²) in [5.74, 6) is 0.830. The minimum atomic E-state index is -0.124. The van der Waals surface area contributed by atoms with Gasteiger partial charge in [-0.3, -0.25) is 9.59 Å². The molecule has 0 N–H and O–H groups in total. The Morgan fingerprint density at radius 3 is 2.88 bits per heavy atom. The van der Waals surface area contributed by atoms with Crippen LogP contribution in [0.3, 0.4) is 0 Å². The van der Waals surface area contributed by atoms with Crippen LogP contribution in [-0.2, 0) is 11.3 Å². The van der Waals surface area contributed by atoms with E-state index in [9.17, 15) is 9.59 Å². The molecule has 0 spiro atoms. The Bertz CT molecular complexity index is 609. The average molecular weight is 334 g/mol. The molecule has 1 saturated carbocycles. The molecule has 0 bridgehead atoms. The van der Waals surface area contributed by atoms with Crippen molar-refractivity contribution in [2.75, 3.05) is 39.9 Å². The molecule has 3 rings (SSSR count). The van der Waals surface area contributed by atoms with Crippen LogP contribution < -0.4 is 0 Å². The topological polar surface area (TPSA) is 67.7 Å². The number of carbonyl (C=O) groups excluding carboxylic acids is 2. The van der Waals surface area contributed by atoms with E-state index in [4.69, 9.17) is 4.74 Å². The summed E-state index contributed by atoms with van der Waals surface area (Å²) in [6.45, 7) is 5.97. The summed E-state index contributed by atoms with van der Waals surface area (Å²) in [7, 11) is 1.62. The van der Waals surface area contributed by atoms with Gasteiger partial charge in [-0.1, -0.05) is 6.92 Å². The number of hydrogen-bond acceptors (Lipinski definition) is 4. The van der Waals surface area contributed by atoms with Gasteiger partial charge in [0.05, 0.1) is 6.61 Å². The maximum absolute atomic E-state index is 12.8. The Kier molecular flexibility index (Phi) is 5.18. The van der Waals surface area contributed by atoms with E-state index in [1.54, 1.807) is 22.8 Å². The van der Waals surface area contributed by atoms with Crippen LogP contribution in [-0.4, -0.2) is 71.1 Å². The van der Waals surface area contributed by atoms with Crippen LogP contribution in [0.25, 0.3) is 0 Å². The third-order valence-corrected chi connectivity index (χ3v) is 4.61. The van der Waals surface area contributed by atoms with E-state index in [0.29, 0.717) is 43.7 Å². The number of nitrogens with zero attached hydrogens (tertiary/aromatic N) is 4. The number of fused-ring (bicyclic) bond motifs is 1. The number of ether oxygens (including phenoxy) is 1. The smallest absolute Gasteiger partial charge is 0.290 e. The first-order valence-corrected chi connectivity index (χ1v) is 8.78. The number of methoxy groups -OCH3 is 1. The fourth-order valence-corrected chi connectivity index (χ4v) is 3.07. The molecule has 2 amide bonds. The van der Waals surface area contributed by atoms with Gasteiger partial charge in [0.15, 0.2) is 5.82 Å². The van der Waals surface area contributed by atoms with Gasteiger partial charge in [0.2, 0.25) is 0 Å². The molecule has 1 aliphatic heterocycles. The number of amides is 2. The molecule has 132 valence electrons. The fraction of sp³-hybridized carbons (Fsp3) is 0.706. The molecule has 7 nitrogen and oxygen atoms in total. The van der Waals surface area contributed by atoms with Gasteiger partial charge in [0.1, 0.15) is 5.69 Å². The molecular weight excluding hydrogens is 308 g/mol. The van der Waals surface area contributed by atoms with Crippen LogP contribution in [0.5, 0.6) is 0 Å². The van der Waals surface area contributed by atoms with Crippen molar-refractivity contribution in [1.82, 2.24) is 19.4 Å². The average Bonchev–Trinajstić information content (AvgIpc) is 3.28. The maximum atomic E-state index is 12.8.